The molecule has 0 saturated carbocycles. The lowest BCUT2D eigenvalue weighted by Gasteiger charge is -2.32. The number of amides is 1. The van der Waals surface area contributed by atoms with E-state index in [9.17, 15) is 9.18 Å². The molecule has 0 spiro atoms. The maximum absolute atomic E-state index is 13.5. The van der Waals surface area contributed by atoms with Crippen LogP contribution in [0.4, 0.5) is 4.39 Å². The topological polar surface area (TPSA) is 51.0 Å². The van der Waals surface area contributed by atoms with Crippen molar-refractivity contribution < 1.29 is 9.18 Å². The van der Waals surface area contributed by atoms with Gasteiger partial charge in [-0.15, -0.1) is 0 Å². The van der Waals surface area contributed by atoms with E-state index in [0.717, 1.165) is 18.7 Å². The zero-order valence-electron chi connectivity index (χ0n) is 14.9. The highest BCUT2D eigenvalue weighted by atomic mass is 19.1. The molecule has 0 bridgehead atoms. The molecule has 0 unspecified atom stereocenters. The molecule has 134 valence electrons. The van der Waals surface area contributed by atoms with Gasteiger partial charge in [0.2, 0.25) is 0 Å². The van der Waals surface area contributed by atoms with Crippen LogP contribution >= 0.6 is 0 Å². The fraction of sp³-hybridized carbons (Fsp3) is 0.350. The molecule has 6 heteroatoms. The van der Waals surface area contributed by atoms with Gasteiger partial charge in [0.1, 0.15) is 11.6 Å². The first-order valence-electron chi connectivity index (χ1n) is 8.86. The van der Waals surface area contributed by atoms with Crippen molar-refractivity contribution in [1.29, 1.82) is 0 Å². The van der Waals surface area contributed by atoms with Crippen molar-refractivity contribution in [1.82, 2.24) is 19.4 Å². The summed E-state index contributed by atoms with van der Waals surface area (Å²) in [5.74, 6) is 1.11. The van der Waals surface area contributed by atoms with E-state index in [4.69, 9.17) is 0 Å². The van der Waals surface area contributed by atoms with E-state index in [1.165, 1.54) is 12.1 Å². The summed E-state index contributed by atoms with van der Waals surface area (Å²) in [5, 5.41) is 0.702. The van der Waals surface area contributed by atoms with Crippen molar-refractivity contribution >= 4 is 16.8 Å². The van der Waals surface area contributed by atoms with Gasteiger partial charge >= 0.3 is 0 Å². The molecule has 0 aliphatic carbocycles. The Hall–Kier alpha value is -2.76. The molecule has 1 aliphatic rings. The van der Waals surface area contributed by atoms with Crippen molar-refractivity contribution in [2.24, 2.45) is 7.05 Å². The lowest BCUT2D eigenvalue weighted by molar-refractivity contribution is 0.0712. The van der Waals surface area contributed by atoms with E-state index < -0.39 is 0 Å². The molecule has 5 nitrogen and oxygen atoms in total. The largest absolute Gasteiger partial charge is 0.339 e. The molecule has 1 amide bonds. The van der Waals surface area contributed by atoms with E-state index >= 15 is 0 Å². The number of aromatic nitrogens is 3. The van der Waals surface area contributed by atoms with Crippen LogP contribution in [0, 0.1) is 12.7 Å². The molecule has 2 aromatic heterocycles. The highest BCUT2D eigenvalue weighted by Crippen LogP contribution is 2.28. The number of aryl methyl sites for hydroxylation is 2. The van der Waals surface area contributed by atoms with Gasteiger partial charge in [0.15, 0.2) is 0 Å². The molecule has 3 aromatic rings. The van der Waals surface area contributed by atoms with Crippen LogP contribution in [-0.4, -0.2) is 38.4 Å². The Bertz CT molecular complexity index is 968. The monoisotopic (exact) mass is 352 g/mol. The number of pyridine rings is 1. The van der Waals surface area contributed by atoms with Crippen LogP contribution in [0.15, 0.2) is 36.7 Å². The summed E-state index contributed by atoms with van der Waals surface area (Å²) in [5.41, 5.74) is 1.84. The van der Waals surface area contributed by atoms with E-state index in [1.54, 1.807) is 12.1 Å². The van der Waals surface area contributed by atoms with E-state index in [2.05, 4.69) is 14.5 Å². The highest BCUT2D eigenvalue weighted by Gasteiger charge is 2.27. The van der Waals surface area contributed by atoms with Gasteiger partial charge < -0.3 is 9.47 Å². The third kappa shape index (κ3) is 2.96. The molecule has 1 saturated heterocycles. The van der Waals surface area contributed by atoms with Gasteiger partial charge in [0.05, 0.1) is 11.1 Å². The Morgan fingerprint density at radius 1 is 1.23 bits per heavy atom. The molecule has 0 N–H and O–H groups in total. The number of rotatable bonds is 2. The molecule has 1 aliphatic heterocycles. The zero-order chi connectivity index (χ0) is 18.3. The second kappa shape index (κ2) is 6.52. The van der Waals surface area contributed by atoms with Crippen molar-refractivity contribution in [2.75, 3.05) is 13.1 Å². The van der Waals surface area contributed by atoms with Gasteiger partial charge in [-0.05, 0) is 38.0 Å². The number of piperidine rings is 1. The number of hydrogen-bond acceptors (Lipinski definition) is 3. The zero-order valence-corrected chi connectivity index (χ0v) is 14.9. The third-order valence-corrected chi connectivity index (χ3v) is 5.14. The van der Waals surface area contributed by atoms with Crippen molar-refractivity contribution in [3.63, 3.8) is 0 Å². The molecule has 1 fully saturated rings. The highest BCUT2D eigenvalue weighted by molar-refractivity contribution is 6.06. The number of likely N-dealkylation sites (tertiary alicyclic amines) is 1. The quantitative estimate of drug-likeness (QED) is 0.710. The Balaban J connectivity index is 1.57. The summed E-state index contributed by atoms with van der Waals surface area (Å²) in [6, 6.07) is 6.20. The normalized spacial score (nSPS) is 15.6. The summed E-state index contributed by atoms with van der Waals surface area (Å²) >= 11 is 0. The van der Waals surface area contributed by atoms with Crippen molar-refractivity contribution in [2.45, 2.75) is 25.7 Å². The number of benzene rings is 1. The van der Waals surface area contributed by atoms with E-state index in [1.807, 2.05) is 31.3 Å². The van der Waals surface area contributed by atoms with Crippen LogP contribution in [-0.2, 0) is 7.05 Å². The first-order valence-corrected chi connectivity index (χ1v) is 8.86. The predicted molar refractivity (Wildman–Crippen MR) is 97.5 cm³/mol. The number of carbonyl (C=O) groups excluding carboxylic acids is 1. The van der Waals surface area contributed by atoms with Gasteiger partial charge in [-0.25, -0.2) is 9.37 Å². The minimum atomic E-state index is -0.343. The standard InChI is InChI=1S/C20H21FN4O/c1-13-11-17(16-4-3-15(21)12-18(16)23-13)20(26)25-8-5-14(6-9-25)19-22-7-10-24(19)2/h3-4,7,10-12,14H,5-6,8-9H2,1-2H3. The van der Waals surface area contributed by atoms with E-state index in [0.29, 0.717) is 41.2 Å². The lowest BCUT2D eigenvalue weighted by atomic mass is 9.95. The first kappa shape index (κ1) is 16.7. The van der Waals surface area contributed by atoms with Crippen LogP contribution in [0.2, 0.25) is 0 Å². The van der Waals surface area contributed by atoms with Gasteiger partial charge in [-0.1, -0.05) is 0 Å². The van der Waals surface area contributed by atoms with Gasteiger partial charge in [0, 0.05) is 55.6 Å². The summed E-state index contributed by atoms with van der Waals surface area (Å²) in [4.78, 5) is 23.8. The molecule has 4 rings (SSSR count). The van der Waals surface area contributed by atoms with E-state index in [-0.39, 0.29) is 11.7 Å². The molecular weight excluding hydrogens is 331 g/mol. The number of halogens is 1. The van der Waals surface area contributed by atoms with Gasteiger partial charge in [-0.3, -0.25) is 9.78 Å². The molecule has 3 heterocycles. The van der Waals surface area contributed by atoms with Crippen LogP contribution in [0.25, 0.3) is 10.9 Å². The van der Waals surface area contributed by atoms with Gasteiger partial charge in [-0.2, -0.15) is 0 Å². The van der Waals surface area contributed by atoms with Crippen LogP contribution in [0.1, 0.15) is 40.6 Å². The predicted octanol–water partition coefficient (Wildman–Crippen LogP) is 3.44. The minimum Gasteiger partial charge on any atom is -0.339 e. The number of carbonyl (C=O) groups is 1. The Kier molecular flexibility index (Phi) is 4.18. The Morgan fingerprint density at radius 3 is 2.69 bits per heavy atom. The first-order chi connectivity index (χ1) is 12.5. The summed E-state index contributed by atoms with van der Waals surface area (Å²) in [6.07, 6.45) is 5.57. The van der Waals surface area contributed by atoms with Crippen molar-refractivity contribution in [3.05, 3.63) is 59.6 Å². The summed E-state index contributed by atoms with van der Waals surface area (Å²) in [7, 11) is 2.00. The molecule has 0 radical (unpaired) electrons. The molecule has 1 aromatic carbocycles. The SMILES string of the molecule is Cc1cc(C(=O)N2CCC(c3nccn3C)CC2)c2ccc(F)cc2n1. The van der Waals surface area contributed by atoms with Crippen molar-refractivity contribution in [3.8, 4) is 0 Å². The lowest BCUT2D eigenvalue weighted by Crippen LogP contribution is -2.38. The van der Waals surface area contributed by atoms with Crippen LogP contribution < -0.4 is 0 Å². The molecule has 0 atom stereocenters. The summed E-state index contributed by atoms with van der Waals surface area (Å²) in [6.45, 7) is 3.22. The van der Waals surface area contributed by atoms with Crippen LogP contribution in [0.3, 0.4) is 0 Å². The molecule has 26 heavy (non-hydrogen) atoms. The Labute approximate surface area is 151 Å². The fourth-order valence-electron chi connectivity index (χ4n) is 3.79. The maximum Gasteiger partial charge on any atom is 0.254 e. The van der Waals surface area contributed by atoms with Gasteiger partial charge in [0.25, 0.3) is 5.91 Å². The fourth-order valence-corrected chi connectivity index (χ4v) is 3.79. The smallest absolute Gasteiger partial charge is 0.254 e. The third-order valence-electron chi connectivity index (χ3n) is 5.14. The maximum atomic E-state index is 13.5. The number of fused-ring (bicyclic) bond motifs is 1. The molecular formula is C20H21FN4O. The Morgan fingerprint density at radius 2 is 2.00 bits per heavy atom. The number of nitrogens with zero attached hydrogens (tertiary/aromatic N) is 4. The minimum absolute atomic E-state index is 0.00889. The number of imidazole rings is 1. The number of hydrogen-bond donors (Lipinski definition) is 0. The second-order valence-corrected chi connectivity index (χ2v) is 6.94. The second-order valence-electron chi connectivity index (χ2n) is 6.94. The average Bonchev–Trinajstić information content (AvgIpc) is 3.06. The summed E-state index contributed by atoms with van der Waals surface area (Å²) < 4.78 is 15.6. The van der Waals surface area contributed by atoms with Crippen LogP contribution in [0.5, 0.6) is 0 Å². The average molecular weight is 352 g/mol.